The average Bonchev–Trinajstić information content (AvgIpc) is 2.42. The van der Waals surface area contributed by atoms with Crippen molar-refractivity contribution in [1.82, 2.24) is 4.98 Å². The Bertz CT molecular complexity index is 470. The smallest absolute Gasteiger partial charge is 0.168 e. The molecule has 0 bridgehead atoms. The maximum atomic E-state index is 14.1. The zero-order valence-electron chi connectivity index (χ0n) is 12.1. The van der Waals surface area contributed by atoms with Crippen LogP contribution in [0.3, 0.4) is 0 Å². The molecule has 2 rings (SSSR count). The van der Waals surface area contributed by atoms with Crippen molar-refractivity contribution in [2.24, 2.45) is 0 Å². The molecule has 1 aromatic heterocycles. The summed E-state index contributed by atoms with van der Waals surface area (Å²) in [5.74, 6) is -0.999. The summed E-state index contributed by atoms with van der Waals surface area (Å²) in [5.41, 5.74) is 0. The second-order valence-corrected chi connectivity index (χ2v) is 5.01. The van der Waals surface area contributed by atoms with Gasteiger partial charge in [0.15, 0.2) is 23.3 Å². The van der Waals surface area contributed by atoms with Gasteiger partial charge in [0, 0.05) is 19.2 Å². The molecule has 2 atom stereocenters. The second kappa shape index (κ2) is 6.35. The number of aromatic nitrogens is 1. The van der Waals surface area contributed by atoms with Gasteiger partial charge in [-0.25, -0.2) is 13.8 Å². The lowest BCUT2D eigenvalue weighted by atomic mass is 10.1. The zero-order valence-corrected chi connectivity index (χ0v) is 12.1. The molecular weight excluding hydrogens is 264 g/mol. The van der Waals surface area contributed by atoms with E-state index in [0.29, 0.717) is 19.7 Å². The van der Waals surface area contributed by atoms with Gasteiger partial charge < -0.3 is 15.0 Å². The number of anilines is 2. The summed E-state index contributed by atoms with van der Waals surface area (Å²) in [5, 5.41) is 2.82. The molecule has 1 aromatic rings. The maximum Gasteiger partial charge on any atom is 0.168 e. The van der Waals surface area contributed by atoms with Gasteiger partial charge in [0.25, 0.3) is 0 Å². The first-order chi connectivity index (χ1) is 9.56. The molecule has 0 aromatic carbocycles. The molecule has 2 heterocycles. The van der Waals surface area contributed by atoms with Crippen LogP contribution in [0, 0.1) is 11.6 Å². The third-order valence-corrected chi connectivity index (χ3v) is 3.47. The van der Waals surface area contributed by atoms with Crippen molar-refractivity contribution < 1.29 is 13.5 Å². The molecule has 0 aliphatic carbocycles. The van der Waals surface area contributed by atoms with Crippen LogP contribution in [0.2, 0.25) is 0 Å². The summed E-state index contributed by atoms with van der Waals surface area (Å²) >= 11 is 0. The lowest BCUT2D eigenvalue weighted by molar-refractivity contribution is 0.0293. The molecular formula is C14H21F2N3O. The van der Waals surface area contributed by atoms with Crippen LogP contribution in [0.25, 0.3) is 0 Å². The van der Waals surface area contributed by atoms with E-state index >= 15 is 0 Å². The monoisotopic (exact) mass is 285 g/mol. The van der Waals surface area contributed by atoms with Gasteiger partial charge in [-0.3, -0.25) is 0 Å². The van der Waals surface area contributed by atoms with Crippen molar-refractivity contribution in [3.8, 4) is 0 Å². The van der Waals surface area contributed by atoms with Crippen LogP contribution in [0.5, 0.6) is 0 Å². The van der Waals surface area contributed by atoms with E-state index < -0.39 is 11.6 Å². The highest BCUT2D eigenvalue weighted by atomic mass is 19.1. The van der Waals surface area contributed by atoms with Gasteiger partial charge in [-0.15, -0.1) is 0 Å². The first-order valence-electron chi connectivity index (χ1n) is 7.04. The van der Waals surface area contributed by atoms with Gasteiger partial charge in [0.1, 0.15) is 0 Å². The Balaban J connectivity index is 2.36. The van der Waals surface area contributed by atoms with Crippen molar-refractivity contribution in [3.05, 3.63) is 17.7 Å². The van der Waals surface area contributed by atoms with Crippen LogP contribution >= 0.6 is 0 Å². The summed E-state index contributed by atoms with van der Waals surface area (Å²) in [7, 11) is 0. The molecule has 6 heteroatoms. The summed E-state index contributed by atoms with van der Waals surface area (Å²) in [6.45, 7) is 7.42. The number of rotatable bonds is 4. The first-order valence-corrected chi connectivity index (χ1v) is 7.04. The van der Waals surface area contributed by atoms with E-state index in [9.17, 15) is 8.78 Å². The Morgan fingerprint density at radius 2 is 2.15 bits per heavy atom. The SMILES string of the molecule is CCNc1nc(N2CC(C)OCC2CC)c(F)cc1F. The second-order valence-electron chi connectivity index (χ2n) is 5.01. The van der Waals surface area contributed by atoms with E-state index in [1.807, 2.05) is 25.7 Å². The normalized spacial score (nSPS) is 22.9. The van der Waals surface area contributed by atoms with Crippen LogP contribution in [0.1, 0.15) is 27.2 Å². The fourth-order valence-electron chi connectivity index (χ4n) is 2.39. The standard InChI is InChI=1S/C14H21F2N3O/c1-4-10-8-20-9(3)7-19(10)14-12(16)6-11(15)13(18-14)17-5-2/h6,9-10H,4-5,7-8H2,1-3H3,(H,17,18). The Morgan fingerprint density at radius 1 is 1.40 bits per heavy atom. The fourth-order valence-corrected chi connectivity index (χ4v) is 2.39. The summed E-state index contributed by atoms with van der Waals surface area (Å²) in [6.07, 6.45) is 0.827. The van der Waals surface area contributed by atoms with E-state index in [-0.39, 0.29) is 23.8 Å². The lowest BCUT2D eigenvalue weighted by Gasteiger charge is -2.39. The van der Waals surface area contributed by atoms with Gasteiger partial charge in [-0.05, 0) is 20.3 Å². The molecule has 1 N–H and O–H groups in total. The first kappa shape index (κ1) is 15.0. The third-order valence-electron chi connectivity index (χ3n) is 3.47. The van der Waals surface area contributed by atoms with E-state index in [2.05, 4.69) is 10.3 Å². The van der Waals surface area contributed by atoms with E-state index in [4.69, 9.17) is 4.74 Å². The third kappa shape index (κ3) is 3.00. The van der Waals surface area contributed by atoms with Crippen molar-refractivity contribution in [2.75, 3.05) is 29.9 Å². The summed E-state index contributed by atoms with van der Waals surface area (Å²) < 4.78 is 33.3. The van der Waals surface area contributed by atoms with Crippen LogP contribution in [-0.4, -0.2) is 36.8 Å². The molecule has 1 fully saturated rings. The maximum absolute atomic E-state index is 14.1. The Hall–Kier alpha value is -1.43. The number of nitrogens with zero attached hydrogens (tertiary/aromatic N) is 2. The van der Waals surface area contributed by atoms with Crippen LogP contribution in [-0.2, 0) is 4.74 Å². The zero-order chi connectivity index (χ0) is 14.7. The van der Waals surface area contributed by atoms with Crippen LogP contribution in [0.4, 0.5) is 20.4 Å². The molecule has 112 valence electrons. The lowest BCUT2D eigenvalue weighted by Crippen LogP contribution is -2.49. The van der Waals surface area contributed by atoms with E-state index in [1.54, 1.807) is 0 Å². The number of halogens is 2. The van der Waals surface area contributed by atoms with Gasteiger partial charge in [0.05, 0.1) is 18.8 Å². The van der Waals surface area contributed by atoms with Gasteiger partial charge in [-0.2, -0.15) is 0 Å². The van der Waals surface area contributed by atoms with Gasteiger partial charge >= 0.3 is 0 Å². The van der Waals surface area contributed by atoms with Gasteiger partial charge in [0.2, 0.25) is 0 Å². The Kier molecular flexibility index (Phi) is 4.75. The number of ether oxygens (including phenoxy) is 1. The van der Waals surface area contributed by atoms with Crippen molar-refractivity contribution in [1.29, 1.82) is 0 Å². The fraction of sp³-hybridized carbons (Fsp3) is 0.643. The summed E-state index contributed by atoms with van der Waals surface area (Å²) in [4.78, 5) is 6.01. The molecule has 20 heavy (non-hydrogen) atoms. The molecule has 1 saturated heterocycles. The average molecular weight is 285 g/mol. The predicted molar refractivity (Wildman–Crippen MR) is 75.2 cm³/mol. The number of morpholine rings is 1. The minimum absolute atomic E-state index is 0.00615. The highest BCUT2D eigenvalue weighted by Crippen LogP contribution is 2.27. The molecule has 0 saturated carbocycles. The summed E-state index contributed by atoms with van der Waals surface area (Å²) in [6, 6.07) is 0.959. The Labute approximate surface area is 118 Å². The van der Waals surface area contributed by atoms with Crippen molar-refractivity contribution in [2.45, 2.75) is 39.3 Å². The number of nitrogens with one attached hydrogen (secondary N) is 1. The minimum atomic E-state index is -0.664. The van der Waals surface area contributed by atoms with E-state index in [1.165, 1.54) is 0 Å². The van der Waals surface area contributed by atoms with Gasteiger partial charge in [-0.1, -0.05) is 6.92 Å². The molecule has 1 aliphatic rings. The van der Waals surface area contributed by atoms with Crippen molar-refractivity contribution in [3.63, 3.8) is 0 Å². The quantitative estimate of drug-likeness (QED) is 0.923. The van der Waals surface area contributed by atoms with Crippen LogP contribution in [0.15, 0.2) is 6.07 Å². The highest BCUT2D eigenvalue weighted by Gasteiger charge is 2.29. The highest BCUT2D eigenvalue weighted by molar-refractivity contribution is 5.50. The van der Waals surface area contributed by atoms with Crippen LogP contribution < -0.4 is 10.2 Å². The molecule has 0 amide bonds. The molecule has 4 nitrogen and oxygen atoms in total. The number of hydrogen-bond donors (Lipinski definition) is 1. The molecule has 2 unspecified atom stereocenters. The number of hydrogen-bond acceptors (Lipinski definition) is 4. The Morgan fingerprint density at radius 3 is 2.80 bits per heavy atom. The molecule has 0 spiro atoms. The molecule has 0 radical (unpaired) electrons. The molecule has 1 aliphatic heterocycles. The predicted octanol–water partition coefficient (Wildman–Crippen LogP) is 2.80. The van der Waals surface area contributed by atoms with Crippen molar-refractivity contribution >= 4 is 11.6 Å². The topological polar surface area (TPSA) is 37.4 Å². The number of pyridine rings is 1. The minimum Gasteiger partial charge on any atom is -0.375 e. The van der Waals surface area contributed by atoms with E-state index in [0.717, 1.165) is 12.5 Å². The largest absolute Gasteiger partial charge is 0.375 e.